The fourth-order valence-electron chi connectivity index (χ4n) is 6.43. The number of hydrogen-bond acceptors (Lipinski definition) is 8. The number of nitrogens with zero attached hydrogens (tertiary/aromatic N) is 2. The van der Waals surface area contributed by atoms with E-state index in [1.807, 2.05) is 19.1 Å². The zero-order valence-corrected chi connectivity index (χ0v) is 22.1. The SMILES string of the molecule is CC/C(=C\c1cccc(O)c1)CC[C@H]1OB(O)C[C@H]2C1=C(CO)C[C@H]1C(=O)N(c3cccc([N+](=O)[O-])c3)C(=O)[C@H]12. The third kappa shape index (κ3) is 5.19. The minimum absolute atomic E-state index is 0.109. The number of amides is 2. The second-order valence-electron chi connectivity index (χ2n) is 10.6. The number of hydrogen-bond donors (Lipinski definition) is 3. The molecular weight excluding hydrogens is 515 g/mol. The second-order valence-corrected chi connectivity index (χ2v) is 10.6. The van der Waals surface area contributed by atoms with Gasteiger partial charge in [-0.1, -0.05) is 36.8 Å². The zero-order chi connectivity index (χ0) is 28.6. The predicted octanol–water partition coefficient (Wildman–Crippen LogP) is 3.87. The van der Waals surface area contributed by atoms with E-state index in [-0.39, 0.29) is 36.5 Å². The number of nitro groups is 1. The monoisotopic (exact) mass is 546 g/mol. The first-order chi connectivity index (χ1) is 19.2. The molecule has 0 aromatic heterocycles. The number of benzene rings is 2. The normalized spacial score (nSPS) is 24.8. The van der Waals surface area contributed by atoms with E-state index in [0.29, 0.717) is 18.4 Å². The Hall–Kier alpha value is -3.80. The van der Waals surface area contributed by atoms with Crippen molar-refractivity contribution in [3.05, 3.63) is 80.9 Å². The Morgan fingerprint density at radius 1 is 1.18 bits per heavy atom. The molecule has 0 spiro atoms. The van der Waals surface area contributed by atoms with Crippen LogP contribution in [0.1, 0.15) is 38.2 Å². The van der Waals surface area contributed by atoms with E-state index in [2.05, 4.69) is 0 Å². The van der Waals surface area contributed by atoms with Crippen LogP contribution in [-0.4, -0.2) is 51.8 Å². The summed E-state index contributed by atoms with van der Waals surface area (Å²) in [7, 11) is -1.15. The second kappa shape index (κ2) is 11.4. The van der Waals surface area contributed by atoms with Crippen LogP contribution in [-0.2, 0) is 14.2 Å². The maximum atomic E-state index is 13.7. The summed E-state index contributed by atoms with van der Waals surface area (Å²) in [6, 6.07) is 12.4. The van der Waals surface area contributed by atoms with Crippen LogP contribution in [0, 0.1) is 27.9 Å². The van der Waals surface area contributed by atoms with Crippen molar-refractivity contribution in [3.8, 4) is 5.75 Å². The Labute approximate surface area is 231 Å². The van der Waals surface area contributed by atoms with Crippen molar-refractivity contribution in [2.45, 2.75) is 45.0 Å². The first-order valence-corrected chi connectivity index (χ1v) is 13.5. The number of fused-ring (bicyclic) bond motifs is 3. The van der Waals surface area contributed by atoms with Crippen molar-refractivity contribution in [1.82, 2.24) is 0 Å². The lowest BCUT2D eigenvalue weighted by Crippen LogP contribution is -2.46. The molecule has 0 radical (unpaired) electrons. The van der Waals surface area contributed by atoms with Crippen LogP contribution in [0.4, 0.5) is 11.4 Å². The number of imide groups is 1. The van der Waals surface area contributed by atoms with E-state index in [1.54, 1.807) is 18.2 Å². The van der Waals surface area contributed by atoms with Gasteiger partial charge in [0.05, 0.1) is 35.2 Å². The predicted molar refractivity (Wildman–Crippen MR) is 148 cm³/mol. The molecule has 0 bridgehead atoms. The number of phenols is 1. The molecule has 3 aliphatic rings. The van der Waals surface area contributed by atoms with Gasteiger partial charge in [0.2, 0.25) is 11.8 Å². The summed E-state index contributed by atoms with van der Waals surface area (Å²) in [4.78, 5) is 39.0. The number of aliphatic hydroxyl groups is 1. The van der Waals surface area contributed by atoms with Crippen LogP contribution in [0.15, 0.2) is 65.3 Å². The molecule has 5 rings (SSSR count). The molecule has 2 aromatic carbocycles. The summed E-state index contributed by atoms with van der Waals surface area (Å²) < 4.78 is 5.95. The van der Waals surface area contributed by atoms with Crippen LogP contribution >= 0.6 is 0 Å². The number of carbonyl (C=O) groups excluding carboxylic acids is 2. The summed E-state index contributed by atoms with van der Waals surface area (Å²) >= 11 is 0. The van der Waals surface area contributed by atoms with Crippen molar-refractivity contribution >= 4 is 36.4 Å². The number of anilines is 1. The molecule has 10 nitrogen and oxygen atoms in total. The number of non-ortho nitro benzene ring substituents is 1. The van der Waals surface area contributed by atoms with Gasteiger partial charge in [-0.05, 0) is 72.8 Å². The molecule has 0 unspecified atom stereocenters. The Bertz CT molecular complexity index is 1410. The van der Waals surface area contributed by atoms with E-state index in [1.165, 1.54) is 24.3 Å². The maximum absolute atomic E-state index is 13.7. The molecule has 40 heavy (non-hydrogen) atoms. The molecule has 0 saturated carbocycles. The number of nitro benzene ring substituents is 1. The van der Waals surface area contributed by atoms with Gasteiger partial charge in [0.1, 0.15) is 5.75 Å². The van der Waals surface area contributed by atoms with E-state index in [4.69, 9.17) is 4.65 Å². The largest absolute Gasteiger partial charge is 0.508 e. The highest BCUT2D eigenvalue weighted by Crippen LogP contribution is 2.51. The highest BCUT2D eigenvalue weighted by molar-refractivity contribution is 6.43. The molecule has 1 aliphatic carbocycles. The lowest BCUT2D eigenvalue weighted by atomic mass is 9.58. The number of carbonyl (C=O) groups is 2. The highest BCUT2D eigenvalue weighted by Gasteiger charge is 2.57. The van der Waals surface area contributed by atoms with Crippen molar-refractivity contribution in [2.24, 2.45) is 17.8 Å². The van der Waals surface area contributed by atoms with Crippen LogP contribution in [0.5, 0.6) is 5.75 Å². The summed E-state index contributed by atoms with van der Waals surface area (Å²) in [5.74, 6) is -2.73. The number of allylic oxidation sites excluding steroid dienone is 1. The smallest absolute Gasteiger partial charge is 0.455 e. The number of aliphatic hydroxyl groups excluding tert-OH is 1. The third-order valence-corrected chi connectivity index (χ3v) is 8.22. The number of phenolic OH excluding ortho intramolecular Hbond substituents is 1. The lowest BCUT2D eigenvalue weighted by molar-refractivity contribution is -0.384. The van der Waals surface area contributed by atoms with E-state index < -0.39 is 47.7 Å². The molecule has 2 fully saturated rings. The quantitative estimate of drug-likeness (QED) is 0.149. The molecule has 2 heterocycles. The fraction of sp³-hybridized carbons (Fsp3) is 0.379. The van der Waals surface area contributed by atoms with Gasteiger partial charge in [-0.15, -0.1) is 0 Å². The Morgan fingerprint density at radius 2 is 1.95 bits per heavy atom. The van der Waals surface area contributed by atoms with Crippen LogP contribution < -0.4 is 4.90 Å². The topological polar surface area (TPSA) is 150 Å². The van der Waals surface area contributed by atoms with Gasteiger partial charge in [0.15, 0.2) is 0 Å². The molecule has 2 saturated heterocycles. The van der Waals surface area contributed by atoms with E-state index in [9.17, 15) is 34.9 Å². The van der Waals surface area contributed by atoms with Crippen LogP contribution in [0.3, 0.4) is 0 Å². The molecule has 3 N–H and O–H groups in total. The number of rotatable bonds is 8. The van der Waals surface area contributed by atoms with E-state index >= 15 is 0 Å². The Balaban J connectivity index is 1.43. The van der Waals surface area contributed by atoms with Gasteiger partial charge in [0, 0.05) is 12.1 Å². The van der Waals surface area contributed by atoms with Crippen molar-refractivity contribution in [2.75, 3.05) is 11.5 Å². The molecule has 2 aromatic rings. The molecule has 208 valence electrons. The van der Waals surface area contributed by atoms with Gasteiger partial charge < -0.3 is 19.9 Å². The van der Waals surface area contributed by atoms with Gasteiger partial charge >= 0.3 is 7.12 Å². The Morgan fingerprint density at radius 3 is 2.65 bits per heavy atom. The minimum Gasteiger partial charge on any atom is -0.508 e. The summed E-state index contributed by atoms with van der Waals surface area (Å²) in [6.07, 6.45) is 3.63. The maximum Gasteiger partial charge on any atom is 0.455 e. The molecule has 2 aliphatic heterocycles. The lowest BCUT2D eigenvalue weighted by Gasteiger charge is -2.43. The van der Waals surface area contributed by atoms with Crippen LogP contribution in [0.25, 0.3) is 6.08 Å². The van der Waals surface area contributed by atoms with Gasteiger partial charge in [-0.2, -0.15) is 0 Å². The standard InChI is InChI=1S/C29H31BN2O8/c1-2-17(11-18-5-3-8-22(34)12-18)9-10-25-26-19(16-33)13-23-27(24(26)15-30(37)40-25)29(36)31(28(23)35)20-6-4-7-21(14-20)32(38)39/h3-8,11-12,14,23-25,27,33-34,37H,2,9-10,13,15-16H2,1H3/b17-11+/t23-,24+,25-,27-/m1/s1. The molecule has 2 amide bonds. The average Bonchev–Trinajstić information content (AvgIpc) is 3.19. The number of aromatic hydroxyl groups is 1. The van der Waals surface area contributed by atoms with Crippen molar-refractivity contribution in [1.29, 1.82) is 0 Å². The summed E-state index contributed by atoms with van der Waals surface area (Å²) in [6.45, 7) is 1.73. The highest BCUT2D eigenvalue weighted by atomic mass is 16.6. The van der Waals surface area contributed by atoms with Gasteiger partial charge in [-0.25, -0.2) is 4.90 Å². The first kappa shape index (κ1) is 27.8. The van der Waals surface area contributed by atoms with Gasteiger partial charge in [-0.3, -0.25) is 19.7 Å². The van der Waals surface area contributed by atoms with Crippen molar-refractivity contribution < 1.29 is 34.4 Å². The molecule has 11 heteroatoms. The molecule has 4 atom stereocenters. The van der Waals surface area contributed by atoms with Gasteiger partial charge in [0.25, 0.3) is 5.69 Å². The minimum atomic E-state index is -1.15. The Kier molecular flexibility index (Phi) is 7.89. The average molecular weight is 546 g/mol. The third-order valence-electron chi connectivity index (χ3n) is 8.22. The fourth-order valence-corrected chi connectivity index (χ4v) is 6.43. The van der Waals surface area contributed by atoms with E-state index in [0.717, 1.165) is 28.0 Å². The zero-order valence-electron chi connectivity index (χ0n) is 22.1. The van der Waals surface area contributed by atoms with Crippen LogP contribution in [0.2, 0.25) is 6.32 Å². The molecular formula is C29H31BN2O8. The summed E-state index contributed by atoms with van der Waals surface area (Å²) in [5.41, 5.74) is 3.29. The first-order valence-electron chi connectivity index (χ1n) is 13.5. The summed E-state index contributed by atoms with van der Waals surface area (Å²) in [5, 5.41) is 42.1. The van der Waals surface area contributed by atoms with Crippen molar-refractivity contribution in [3.63, 3.8) is 0 Å².